The quantitative estimate of drug-likeness (QED) is 0.592. The molecule has 66 valence electrons. The van der Waals surface area contributed by atoms with Gasteiger partial charge in [-0.25, -0.2) is 4.79 Å². The van der Waals surface area contributed by atoms with E-state index < -0.39 is 6.03 Å². The van der Waals surface area contributed by atoms with E-state index in [0.717, 1.165) is 25.5 Å². The van der Waals surface area contributed by atoms with Crippen LogP contribution in [0.2, 0.25) is 0 Å². The number of hydrogen-bond donors (Lipinski definition) is 0. The third kappa shape index (κ3) is 1.90. The molecule has 0 aromatic carbocycles. The molecule has 1 rings (SSSR count). The summed E-state index contributed by atoms with van der Waals surface area (Å²) in [6.07, 6.45) is 4.07. The van der Waals surface area contributed by atoms with Crippen molar-refractivity contribution in [2.75, 3.05) is 6.54 Å². The Bertz CT molecular complexity index is 205. The molecule has 0 aliphatic carbocycles. The average Bonchev–Trinajstić information content (AvgIpc) is 2.35. The summed E-state index contributed by atoms with van der Waals surface area (Å²) < 4.78 is 0. The second-order valence-electron chi connectivity index (χ2n) is 2.74. The van der Waals surface area contributed by atoms with E-state index in [1.807, 2.05) is 0 Å². The van der Waals surface area contributed by atoms with Crippen molar-refractivity contribution in [3.05, 3.63) is 0 Å². The molecule has 4 heteroatoms. The van der Waals surface area contributed by atoms with Gasteiger partial charge >= 0.3 is 6.03 Å². The highest BCUT2D eigenvalue weighted by Gasteiger charge is 2.23. The molecule has 0 atom stereocenters. The molecule has 4 nitrogen and oxygen atoms in total. The smallest absolute Gasteiger partial charge is 0.267 e. The van der Waals surface area contributed by atoms with Gasteiger partial charge in [-0.2, -0.15) is 4.99 Å². The molecule has 12 heavy (non-hydrogen) atoms. The second-order valence-corrected chi connectivity index (χ2v) is 2.74. The molecule has 0 aromatic heterocycles. The zero-order chi connectivity index (χ0) is 8.97. The number of nitrogens with zero attached hydrogens (tertiary/aromatic N) is 2. The summed E-state index contributed by atoms with van der Waals surface area (Å²) in [5, 5.41) is 0. The van der Waals surface area contributed by atoms with E-state index >= 15 is 0 Å². The fraction of sp³-hybridized carbons (Fsp3) is 0.625. The molecule has 0 aromatic rings. The molecule has 1 aliphatic rings. The van der Waals surface area contributed by atoms with Crippen LogP contribution in [-0.2, 0) is 4.79 Å². The van der Waals surface area contributed by atoms with Gasteiger partial charge in [-0.3, -0.25) is 9.69 Å². The molecule has 0 bridgehead atoms. The number of hydrogen-bond acceptors (Lipinski definition) is 2. The summed E-state index contributed by atoms with van der Waals surface area (Å²) in [5.74, 6) is -0.281. The minimum Gasteiger partial charge on any atom is -0.267 e. The Balaban J connectivity index is 2.33. The summed E-state index contributed by atoms with van der Waals surface area (Å²) in [4.78, 5) is 26.4. The topological polar surface area (TPSA) is 49.7 Å². The van der Waals surface area contributed by atoms with Gasteiger partial charge < -0.3 is 0 Å². The predicted molar refractivity (Wildman–Crippen MR) is 45.1 cm³/mol. The maximum absolute atomic E-state index is 10.9. The highest BCUT2D eigenvalue weighted by molar-refractivity contribution is 6.35. The van der Waals surface area contributed by atoms with Gasteiger partial charge in [0.05, 0.1) is 6.21 Å². The number of carbonyl (C=O) groups excluding carboxylic acids is 2. The SMILES string of the molecule is CCCCCN1C(=O)C=NC1=O. The van der Waals surface area contributed by atoms with Crippen molar-refractivity contribution in [2.45, 2.75) is 26.2 Å². The molecule has 1 heterocycles. The number of rotatable bonds is 4. The van der Waals surface area contributed by atoms with Crippen LogP contribution in [0, 0.1) is 0 Å². The number of urea groups is 1. The van der Waals surface area contributed by atoms with Crippen LogP contribution in [-0.4, -0.2) is 29.6 Å². The molecule has 0 saturated heterocycles. The Morgan fingerprint density at radius 2 is 2.17 bits per heavy atom. The van der Waals surface area contributed by atoms with Crippen molar-refractivity contribution >= 4 is 18.2 Å². The van der Waals surface area contributed by atoms with Crippen LogP contribution in [0.15, 0.2) is 4.99 Å². The van der Waals surface area contributed by atoms with E-state index in [1.165, 1.54) is 4.90 Å². The fourth-order valence-electron chi connectivity index (χ4n) is 1.07. The van der Waals surface area contributed by atoms with Crippen LogP contribution < -0.4 is 0 Å². The lowest BCUT2D eigenvalue weighted by Gasteiger charge is -2.10. The van der Waals surface area contributed by atoms with Crippen molar-refractivity contribution in [2.24, 2.45) is 4.99 Å². The van der Waals surface area contributed by atoms with Crippen LogP contribution >= 0.6 is 0 Å². The van der Waals surface area contributed by atoms with Crippen molar-refractivity contribution in [1.82, 2.24) is 4.90 Å². The van der Waals surface area contributed by atoms with Gasteiger partial charge in [0, 0.05) is 6.54 Å². The van der Waals surface area contributed by atoms with E-state index in [9.17, 15) is 9.59 Å². The highest BCUT2D eigenvalue weighted by Crippen LogP contribution is 2.04. The van der Waals surface area contributed by atoms with Gasteiger partial charge in [0.25, 0.3) is 5.91 Å². The third-order valence-corrected chi connectivity index (χ3v) is 1.77. The molecule has 0 fully saturated rings. The standard InChI is InChI=1S/C8H12N2O2/c1-2-3-4-5-10-7(11)6-9-8(10)12/h6H,2-5H2,1H3. The van der Waals surface area contributed by atoms with Gasteiger partial charge in [0.2, 0.25) is 0 Å². The van der Waals surface area contributed by atoms with Crippen LogP contribution in [0.3, 0.4) is 0 Å². The summed E-state index contributed by atoms with van der Waals surface area (Å²) in [6, 6.07) is -0.420. The summed E-state index contributed by atoms with van der Waals surface area (Å²) in [5.41, 5.74) is 0. The van der Waals surface area contributed by atoms with Crippen molar-refractivity contribution in [3.63, 3.8) is 0 Å². The molecule has 1 aliphatic heterocycles. The van der Waals surface area contributed by atoms with Crippen LogP contribution in [0.25, 0.3) is 0 Å². The third-order valence-electron chi connectivity index (χ3n) is 1.77. The van der Waals surface area contributed by atoms with Crippen molar-refractivity contribution in [3.8, 4) is 0 Å². The van der Waals surface area contributed by atoms with Gasteiger partial charge in [-0.15, -0.1) is 0 Å². The summed E-state index contributed by atoms with van der Waals surface area (Å²) in [6.45, 7) is 2.58. The normalized spacial score (nSPS) is 16.2. The number of carbonyl (C=O) groups is 2. The predicted octanol–water partition coefficient (Wildman–Crippen LogP) is 1.21. The maximum atomic E-state index is 10.9. The molecule has 0 saturated carbocycles. The van der Waals surface area contributed by atoms with Gasteiger partial charge in [-0.1, -0.05) is 19.8 Å². The number of aliphatic imine (C=N–C) groups is 1. The van der Waals surface area contributed by atoms with Crippen LogP contribution in [0.1, 0.15) is 26.2 Å². The first kappa shape index (κ1) is 8.90. The fourth-order valence-corrected chi connectivity index (χ4v) is 1.07. The molecular formula is C8H12N2O2. The number of unbranched alkanes of at least 4 members (excludes halogenated alkanes) is 2. The lowest BCUT2D eigenvalue weighted by atomic mass is 10.2. The molecular weight excluding hydrogens is 156 g/mol. The largest absolute Gasteiger partial charge is 0.350 e. The van der Waals surface area contributed by atoms with Crippen LogP contribution in [0.5, 0.6) is 0 Å². The van der Waals surface area contributed by atoms with Crippen LogP contribution in [0.4, 0.5) is 4.79 Å². The molecule has 0 N–H and O–H groups in total. The Labute approximate surface area is 71.3 Å². The van der Waals surface area contributed by atoms with Gasteiger partial charge in [0.1, 0.15) is 0 Å². The van der Waals surface area contributed by atoms with E-state index in [4.69, 9.17) is 0 Å². The lowest BCUT2D eigenvalue weighted by Crippen LogP contribution is -2.30. The molecule has 0 spiro atoms. The zero-order valence-corrected chi connectivity index (χ0v) is 7.12. The monoisotopic (exact) mass is 168 g/mol. The number of amides is 3. The molecule has 0 radical (unpaired) electrons. The molecule has 0 unspecified atom stereocenters. The first-order valence-electron chi connectivity index (χ1n) is 4.15. The number of imide groups is 1. The lowest BCUT2D eigenvalue weighted by molar-refractivity contribution is -0.120. The van der Waals surface area contributed by atoms with E-state index in [1.54, 1.807) is 0 Å². The van der Waals surface area contributed by atoms with E-state index in [2.05, 4.69) is 11.9 Å². The average molecular weight is 168 g/mol. The molecule has 3 amide bonds. The highest BCUT2D eigenvalue weighted by atomic mass is 16.2. The minimum absolute atomic E-state index is 0.281. The van der Waals surface area contributed by atoms with E-state index in [0.29, 0.717) is 6.54 Å². The second kappa shape index (κ2) is 3.99. The summed E-state index contributed by atoms with van der Waals surface area (Å²) >= 11 is 0. The summed E-state index contributed by atoms with van der Waals surface area (Å²) in [7, 11) is 0. The Morgan fingerprint density at radius 1 is 1.42 bits per heavy atom. The van der Waals surface area contributed by atoms with Crippen molar-refractivity contribution < 1.29 is 9.59 Å². The Morgan fingerprint density at radius 3 is 2.67 bits per heavy atom. The van der Waals surface area contributed by atoms with E-state index in [-0.39, 0.29) is 5.91 Å². The van der Waals surface area contributed by atoms with Gasteiger partial charge in [0.15, 0.2) is 0 Å². The Kier molecular flexibility index (Phi) is 2.96. The Hall–Kier alpha value is -1.19. The first-order chi connectivity index (χ1) is 5.75. The van der Waals surface area contributed by atoms with Gasteiger partial charge in [-0.05, 0) is 6.42 Å². The van der Waals surface area contributed by atoms with Crippen molar-refractivity contribution in [1.29, 1.82) is 0 Å². The first-order valence-corrected chi connectivity index (χ1v) is 4.15. The zero-order valence-electron chi connectivity index (χ0n) is 7.12. The minimum atomic E-state index is -0.420. The maximum Gasteiger partial charge on any atom is 0.350 e.